The van der Waals surface area contributed by atoms with Gasteiger partial charge in [-0.15, -0.1) is 0 Å². The van der Waals surface area contributed by atoms with E-state index in [0.717, 1.165) is 0 Å². The fourth-order valence-corrected chi connectivity index (χ4v) is 2.31. The maximum absolute atomic E-state index is 13.3. The Morgan fingerprint density at radius 2 is 1.74 bits per heavy atom. The number of carbonyl (C=O) groups excluding carboxylic acids is 1. The fraction of sp³-hybridized carbons (Fsp3) is 0.0714. The lowest BCUT2D eigenvalue weighted by molar-refractivity contribution is 0.0992. The summed E-state index contributed by atoms with van der Waals surface area (Å²) in [5.41, 5.74) is 0.586. The molecule has 0 heterocycles. The molecule has 0 bridgehead atoms. The number of rotatable bonds is 3. The van der Waals surface area contributed by atoms with Gasteiger partial charge in [-0.25, -0.2) is 8.78 Å². The zero-order valence-corrected chi connectivity index (χ0v) is 11.9. The van der Waals surface area contributed by atoms with Crippen molar-refractivity contribution in [3.8, 4) is 0 Å². The highest BCUT2D eigenvalue weighted by Gasteiger charge is 2.16. The van der Waals surface area contributed by atoms with Crippen molar-refractivity contribution >= 4 is 33.3 Å². The quantitative estimate of drug-likeness (QED) is 0.730. The minimum Gasteiger partial charge on any atom is -0.294 e. The molecule has 0 spiro atoms. The van der Waals surface area contributed by atoms with Gasteiger partial charge in [0.1, 0.15) is 11.6 Å². The second kappa shape index (κ2) is 5.80. The van der Waals surface area contributed by atoms with Gasteiger partial charge in [-0.3, -0.25) is 4.79 Å². The number of hydrogen-bond acceptors (Lipinski definition) is 1. The van der Waals surface area contributed by atoms with Gasteiger partial charge in [0.15, 0.2) is 5.78 Å². The Morgan fingerprint density at radius 3 is 2.47 bits per heavy atom. The fourth-order valence-electron chi connectivity index (χ4n) is 1.67. The molecule has 2 rings (SSSR count). The molecule has 0 radical (unpaired) electrons. The van der Waals surface area contributed by atoms with Crippen LogP contribution in [0, 0.1) is 11.6 Å². The van der Waals surface area contributed by atoms with Crippen LogP contribution >= 0.6 is 27.5 Å². The van der Waals surface area contributed by atoms with Crippen LogP contribution in [-0.4, -0.2) is 5.78 Å². The summed E-state index contributed by atoms with van der Waals surface area (Å²) in [4.78, 5) is 12.1. The molecule has 0 unspecified atom stereocenters. The van der Waals surface area contributed by atoms with Gasteiger partial charge in [-0.2, -0.15) is 0 Å². The number of carbonyl (C=O) groups is 1. The Morgan fingerprint density at radius 1 is 1.11 bits per heavy atom. The summed E-state index contributed by atoms with van der Waals surface area (Å²) in [7, 11) is 0. The van der Waals surface area contributed by atoms with Crippen molar-refractivity contribution in [2.24, 2.45) is 0 Å². The highest BCUT2D eigenvalue weighted by molar-refractivity contribution is 9.10. The molecule has 0 aromatic heterocycles. The minimum absolute atomic E-state index is 0.0541. The smallest absolute Gasteiger partial charge is 0.168 e. The van der Waals surface area contributed by atoms with E-state index in [4.69, 9.17) is 11.6 Å². The first kappa shape index (κ1) is 14.2. The van der Waals surface area contributed by atoms with Gasteiger partial charge in [-0.1, -0.05) is 29.8 Å². The van der Waals surface area contributed by atoms with Gasteiger partial charge in [-0.05, 0) is 39.7 Å². The maximum Gasteiger partial charge on any atom is 0.168 e. The molecule has 0 aliphatic heterocycles. The van der Waals surface area contributed by atoms with E-state index in [1.165, 1.54) is 30.3 Å². The first-order valence-corrected chi connectivity index (χ1v) is 6.58. The topological polar surface area (TPSA) is 17.1 Å². The van der Waals surface area contributed by atoms with Crippen molar-refractivity contribution in [3.63, 3.8) is 0 Å². The highest BCUT2D eigenvalue weighted by atomic mass is 79.9. The summed E-state index contributed by atoms with van der Waals surface area (Å²) in [5.74, 6) is -1.46. The van der Waals surface area contributed by atoms with Crippen molar-refractivity contribution in [2.75, 3.05) is 0 Å². The molecule has 0 saturated carbocycles. The molecule has 0 aliphatic rings. The van der Waals surface area contributed by atoms with E-state index in [0.29, 0.717) is 5.56 Å². The molecule has 0 amide bonds. The van der Waals surface area contributed by atoms with Crippen LogP contribution in [-0.2, 0) is 6.42 Å². The van der Waals surface area contributed by atoms with E-state index in [1.807, 2.05) is 0 Å². The first-order chi connectivity index (χ1) is 9.00. The Labute approximate surface area is 122 Å². The average molecular weight is 346 g/mol. The normalized spacial score (nSPS) is 10.5. The lowest BCUT2D eigenvalue weighted by atomic mass is 10.0. The predicted octanol–water partition coefficient (Wildman–Crippen LogP) is 4.81. The van der Waals surface area contributed by atoms with Gasteiger partial charge < -0.3 is 0 Å². The first-order valence-electron chi connectivity index (χ1n) is 5.41. The highest BCUT2D eigenvalue weighted by Crippen LogP contribution is 2.25. The van der Waals surface area contributed by atoms with Gasteiger partial charge in [0.2, 0.25) is 0 Å². The molecule has 98 valence electrons. The van der Waals surface area contributed by atoms with E-state index >= 15 is 0 Å². The monoisotopic (exact) mass is 344 g/mol. The molecule has 0 fully saturated rings. The lowest BCUT2D eigenvalue weighted by Crippen LogP contribution is -2.06. The van der Waals surface area contributed by atoms with Crippen molar-refractivity contribution in [1.29, 1.82) is 0 Å². The van der Waals surface area contributed by atoms with E-state index < -0.39 is 11.6 Å². The molecule has 0 saturated heterocycles. The van der Waals surface area contributed by atoms with Crippen molar-refractivity contribution in [2.45, 2.75) is 6.42 Å². The molecule has 2 aromatic carbocycles. The summed E-state index contributed by atoms with van der Waals surface area (Å²) in [6, 6.07) is 8.45. The Bertz CT molecular complexity index is 643. The molecular formula is C14H8BrClF2O. The van der Waals surface area contributed by atoms with Crippen LogP contribution in [0.5, 0.6) is 0 Å². The number of Topliss-reactive ketones (excluding diaryl/α,β-unsaturated/α-hetero) is 1. The molecular weight excluding hydrogens is 338 g/mol. The second-order valence-corrected chi connectivity index (χ2v) is 5.09. The Balaban J connectivity index is 2.31. The van der Waals surface area contributed by atoms with Crippen molar-refractivity contribution in [3.05, 3.63) is 68.7 Å². The maximum atomic E-state index is 13.3. The summed E-state index contributed by atoms with van der Waals surface area (Å²) < 4.78 is 26.8. The van der Waals surface area contributed by atoms with E-state index in [9.17, 15) is 13.6 Å². The number of hydrogen-bond donors (Lipinski definition) is 0. The van der Waals surface area contributed by atoms with E-state index in [2.05, 4.69) is 15.9 Å². The third-order valence-electron chi connectivity index (χ3n) is 2.63. The van der Waals surface area contributed by atoms with Crippen LogP contribution in [0.25, 0.3) is 0 Å². The number of halogens is 4. The number of ketones is 1. The Kier molecular flexibility index (Phi) is 4.32. The second-order valence-electron chi connectivity index (χ2n) is 3.91. The molecule has 1 nitrogen and oxygen atoms in total. The van der Waals surface area contributed by atoms with Crippen LogP contribution < -0.4 is 0 Å². The largest absolute Gasteiger partial charge is 0.294 e. The number of benzene rings is 2. The molecule has 0 atom stereocenters. The van der Waals surface area contributed by atoms with Gasteiger partial charge in [0.05, 0.1) is 9.50 Å². The van der Waals surface area contributed by atoms with Gasteiger partial charge in [0, 0.05) is 12.0 Å². The van der Waals surface area contributed by atoms with Crippen LogP contribution in [0.15, 0.2) is 40.9 Å². The molecule has 2 aromatic rings. The third kappa shape index (κ3) is 3.01. The Hall–Kier alpha value is -1.26. The van der Waals surface area contributed by atoms with Gasteiger partial charge >= 0.3 is 0 Å². The minimum atomic E-state index is -0.647. The summed E-state index contributed by atoms with van der Waals surface area (Å²) in [6.07, 6.45) is -0.0541. The molecule has 5 heteroatoms. The van der Waals surface area contributed by atoms with Crippen LogP contribution in [0.3, 0.4) is 0 Å². The van der Waals surface area contributed by atoms with Crippen molar-refractivity contribution in [1.82, 2.24) is 0 Å². The predicted molar refractivity (Wildman–Crippen MR) is 73.5 cm³/mol. The zero-order chi connectivity index (χ0) is 14.0. The van der Waals surface area contributed by atoms with Crippen LogP contribution in [0.2, 0.25) is 5.02 Å². The molecule has 0 aliphatic carbocycles. The third-order valence-corrected chi connectivity index (χ3v) is 3.91. The summed E-state index contributed by atoms with van der Waals surface area (Å²) in [6.45, 7) is 0. The van der Waals surface area contributed by atoms with E-state index in [1.54, 1.807) is 6.07 Å². The van der Waals surface area contributed by atoms with E-state index in [-0.39, 0.29) is 27.3 Å². The van der Waals surface area contributed by atoms with Crippen LogP contribution in [0.4, 0.5) is 8.78 Å². The average Bonchev–Trinajstić information content (AvgIpc) is 2.38. The van der Waals surface area contributed by atoms with Crippen molar-refractivity contribution < 1.29 is 13.6 Å². The summed E-state index contributed by atoms with van der Waals surface area (Å²) in [5, 5.41) is -0.208. The molecule has 19 heavy (non-hydrogen) atoms. The molecule has 0 N–H and O–H groups in total. The van der Waals surface area contributed by atoms with Gasteiger partial charge in [0.25, 0.3) is 0 Å². The lowest BCUT2D eigenvalue weighted by Gasteiger charge is -2.06. The zero-order valence-electron chi connectivity index (χ0n) is 9.59. The SMILES string of the molecule is O=C(Cc1cccc(F)c1Br)c1cccc(F)c1Cl. The summed E-state index contributed by atoms with van der Waals surface area (Å²) >= 11 is 8.82. The standard InChI is InChI=1S/C14H8BrClF2O/c15-13-8(3-1-5-10(13)17)7-12(19)9-4-2-6-11(18)14(9)16/h1-6H,7H2. The van der Waals surface area contributed by atoms with Crippen LogP contribution in [0.1, 0.15) is 15.9 Å².